The number of carbonyl (C=O) groups excluding carboxylic acids is 4. The molecule has 7 heteroatoms. The predicted octanol–water partition coefficient (Wildman–Crippen LogP) is 1.78. The SMILES string of the molecule is CC(=O)Nc1ccc(NC(=O)CCN2C(=O)C3C4C=CC(C4)C3C2=O)cc1. The predicted molar refractivity (Wildman–Crippen MR) is 98.4 cm³/mol. The molecule has 2 fully saturated rings. The van der Waals surface area contributed by atoms with E-state index in [9.17, 15) is 19.2 Å². The number of nitrogens with one attached hydrogen (secondary N) is 2. The van der Waals surface area contributed by atoms with Crippen LogP contribution in [0.1, 0.15) is 19.8 Å². The van der Waals surface area contributed by atoms with Crippen molar-refractivity contribution < 1.29 is 19.2 Å². The summed E-state index contributed by atoms with van der Waals surface area (Å²) in [6.07, 6.45) is 5.07. The molecule has 1 aromatic carbocycles. The normalized spacial score (nSPS) is 27.8. The van der Waals surface area contributed by atoms with Crippen molar-refractivity contribution in [3.05, 3.63) is 36.4 Å². The zero-order valence-electron chi connectivity index (χ0n) is 15.0. The summed E-state index contributed by atoms with van der Waals surface area (Å²) in [7, 11) is 0. The molecule has 2 aliphatic carbocycles. The zero-order chi connectivity index (χ0) is 19.1. The largest absolute Gasteiger partial charge is 0.326 e. The van der Waals surface area contributed by atoms with Crippen molar-refractivity contribution in [2.75, 3.05) is 17.2 Å². The zero-order valence-corrected chi connectivity index (χ0v) is 15.0. The molecule has 1 heterocycles. The number of anilines is 2. The van der Waals surface area contributed by atoms with Crippen LogP contribution >= 0.6 is 0 Å². The fourth-order valence-electron chi connectivity index (χ4n) is 4.46. The molecule has 4 unspecified atom stereocenters. The summed E-state index contributed by atoms with van der Waals surface area (Å²) >= 11 is 0. The Morgan fingerprint density at radius 3 is 2.00 bits per heavy atom. The summed E-state index contributed by atoms with van der Waals surface area (Å²) in [5.74, 6) is -0.784. The van der Waals surface area contributed by atoms with E-state index < -0.39 is 0 Å². The Morgan fingerprint density at radius 1 is 0.963 bits per heavy atom. The van der Waals surface area contributed by atoms with Crippen molar-refractivity contribution in [3.8, 4) is 0 Å². The first kappa shape index (κ1) is 17.5. The highest BCUT2D eigenvalue weighted by Gasteiger charge is 2.58. The van der Waals surface area contributed by atoms with Crippen molar-refractivity contribution in [3.63, 3.8) is 0 Å². The summed E-state index contributed by atoms with van der Waals surface area (Å²) < 4.78 is 0. The van der Waals surface area contributed by atoms with Gasteiger partial charge in [0.25, 0.3) is 0 Å². The summed E-state index contributed by atoms with van der Waals surface area (Å²) in [6.45, 7) is 1.53. The number of allylic oxidation sites excluding steroid dienone is 2. The van der Waals surface area contributed by atoms with Gasteiger partial charge in [0.15, 0.2) is 0 Å². The van der Waals surface area contributed by atoms with Gasteiger partial charge >= 0.3 is 0 Å². The quantitative estimate of drug-likeness (QED) is 0.613. The van der Waals surface area contributed by atoms with Gasteiger partial charge in [0.2, 0.25) is 23.6 Å². The number of hydrogen-bond acceptors (Lipinski definition) is 4. The van der Waals surface area contributed by atoms with Crippen molar-refractivity contribution in [2.24, 2.45) is 23.7 Å². The van der Waals surface area contributed by atoms with E-state index in [0.717, 1.165) is 6.42 Å². The number of rotatable bonds is 5. The molecule has 0 spiro atoms. The molecule has 7 nitrogen and oxygen atoms in total. The number of nitrogens with zero attached hydrogens (tertiary/aromatic N) is 1. The molecular weight excluding hydrogens is 346 g/mol. The first-order chi connectivity index (χ1) is 12.9. The van der Waals surface area contributed by atoms with Crippen LogP contribution in [0.25, 0.3) is 0 Å². The monoisotopic (exact) mass is 367 g/mol. The van der Waals surface area contributed by atoms with Gasteiger partial charge in [-0.1, -0.05) is 12.2 Å². The lowest BCUT2D eigenvalue weighted by molar-refractivity contribution is -0.140. The van der Waals surface area contributed by atoms with E-state index >= 15 is 0 Å². The lowest BCUT2D eigenvalue weighted by atomic mass is 9.85. The standard InChI is InChI=1S/C20H21N3O4/c1-11(24)21-14-4-6-15(7-5-14)22-16(25)8-9-23-19(26)17-12-2-3-13(10-12)18(17)20(23)27/h2-7,12-13,17-18H,8-10H2,1H3,(H,21,24)(H,22,25). The molecule has 3 aliphatic rings. The van der Waals surface area contributed by atoms with E-state index in [1.165, 1.54) is 11.8 Å². The second-order valence-corrected chi connectivity index (χ2v) is 7.38. The Bertz CT molecular complexity index is 815. The van der Waals surface area contributed by atoms with Gasteiger partial charge < -0.3 is 10.6 Å². The number of imide groups is 1. The molecule has 2 bridgehead atoms. The van der Waals surface area contributed by atoms with Gasteiger partial charge in [0.05, 0.1) is 11.8 Å². The van der Waals surface area contributed by atoms with E-state index in [1.807, 2.05) is 0 Å². The van der Waals surface area contributed by atoms with Gasteiger partial charge in [-0.3, -0.25) is 24.1 Å². The highest BCUT2D eigenvalue weighted by molar-refractivity contribution is 6.06. The van der Waals surface area contributed by atoms with Crippen LogP contribution in [0.5, 0.6) is 0 Å². The van der Waals surface area contributed by atoms with Crippen LogP contribution in [0.4, 0.5) is 11.4 Å². The van der Waals surface area contributed by atoms with E-state index in [4.69, 9.17) is 0 Å². The van der Waals surface area contributed by atoms with Crippen molar-refractivity contribution >= 4 is 35.0 Å². The molecular formula is C20H21N3O4. The van der Waals surface area contributed by atoms with E-state index in [0.29, 0.717) is 11.4 Å². The van der Waals surface area contributed by atoms with Gasteiger partial charge in [-0.25, -0.2) is 0 Å². The van der Waals surface area contributed by atoms with Gasteiger partial charge in [-0.2, -0.15) is 0 Å². The maximum absolute atomic E-state index is 12.6. The molecule has 4 amide bonds. The summed E-state index contributed by atoms with van der Waals surface area (Å²) in [6, 6.07) is 6.75. The van der Waals surface area contributed by atoms with Gasteiger partial charge in [0, 0.05) is 31.3 Å². The van der Waals surface area contributed by atoms with Crippen LogP contribution in [0.15, 0.2) is 36.4 Å². The van der Waals surface area contributed by atoms with E-state index in [2.05, 4.69) is 22.8 Å². The summed E-state index contributed by atoms with van der Waals surface area (Å²) in [4.78, 5) is 49.6. The molecule has 27 heavy (non-hydrogen) atoms. The summed E-state index contributed by atoms with van der Waals surface area (Å²) in [5.41, 5.74) is 1.23. The molecule has 4 rings (SSSR count). The van der Waals surface area contributed by atoms with Gasteiger partial charge in [-0.05, 0) is 42.5 Å². The molecule has 1 aromatic rings. The third kappa shape index (κ3) is 3.13. The minimum Gasteiger partial charge on any atom is -0.326 e. The number of amides is 4. The number of benzene rings is 1. The Morgan fingerprint density at radius 2 is 1.48 bits per heavy atom. The molecule has 0 aromatic heterocycles. The van der Waals surface area contributed by atoms with Gasteiger partial charge in [-0.15, -0.1) is 0 Å². The lowest BCUT2D eigenvalue weighted by Gasteiger charge is -2.17. The maximum Gasteiger partial charge on any atom is 0.233 e. The smallest absolute Gasteiger partial charge is 0.233 e. The van der Waals surface area contributed by atoms with Crippen LogP contribution in [0, 0.1) is 23.7 Å². The van der Waals surface area contributed by atoms with Crippen LogP contribution < -0.4 is 10.6 Å². The van der Waals surface area contributed by atoms with Crippen molar-refractivity contribution in [2.45, 2.75) is 19.8 Å². The number of hydrogen-bond donors (Lipinski definition) is 2. The fourth-order valence-corrected chi connectivity index (χ4v) is 4.46. The first-order valence-corrected chi connectivity index (χ1v) is 9.15. The second kappa shape index (κ2) is 6.64. The number of likely N-dealkylation sites (tertiary alicyclic amines) is 1. The minimum absolute atomic E-state index is 0.0626. The highest BCUT2D eigenvalue weighted by Crippen LogP contribution is 2.52. The fraction of sp³-hybridized carbons (Fsp3) is 0.400. The third-order valence-electron chi connectivity index (χ3n) is 5.61. The lowest BCUT2D eigenvalue weighted by Crippen LogP contribution is -2.35. The molecule has 2 N–H and O–H groups in total. The Labute approximate surface area is 156 Å². The maximum atomic E-state index is 12.6. The summed E-state index contributed by atoms with van der Waals surface area (Å²) in [5, 5.41) is 5.39. The van der Waals surface area contributed by atoms with Crippen LogP contribution in [0.3, 0.4) is 0 Å². The Balaban J connectivity index is 1.31. The first-order valence-electron chi connectivity index (χ1n) is 9.15. The highest BCUT2D eigenvalue weighted by atomic mass is 16.2. The third-order valence-corrected chi connectivity index (χ3v) is 5.61. The molecule has 4 atom stereocenters. The molecule has 0 radical (unpaired) electrons. The van der Waals surface area contributed by atoms with Crippen LogP contribution in [-0.2, 0) is 19.2 Å². The topological polar surface area (TPSA) is 95.6 Å². The average molecular weight is 367 g/mol. The molecule has 1 saturated carbocycles. The molecule has 1 aliphatic heterocycles. The second-order valence-electron chi connectivity index (χ2n) is 7.38. The van der Waals surface area contributed by atoms with E-state index in [1.54, 1.807) is 24.3 Å². The minimum atomic E-state index is -0.263. The van der Waals surface area contributed by atoms with Crippen molar-refractivity contribution in [1.82, 2.24) is 4.90 Å². The average Bonchev–Trinajstić information content (AvgIpc) is 3.29. The Kier molecular flexibility index (Phi) is 4.30. The molecule has 140 valence electrons. The molecule has 1 saturated heterocycles. The van der Waals surface area contributed by atoms with E-state index in [-0.39, 0.29) is 60.3 Å². The number of carbonyl (C=O) groups is 4. The Hall–Kier alpha value is -2.96. The van der Waals surface area contributed by atoms with Crippen molar-refractivity contribution in [1.29, 1.82) is 0 Å². The van der Waals surface area contributed by atoms with Crippen LogP contribution in [-0.4, -0.2) is 35.1 Å². The van der Waals surface area contributed by atoms with Crippen LogP contribution in [0.2, 0.25) is 0 Å². The number of fused-ring (bicyclic) bond motifs is 5. The van der Waals surface area contributed by atoms with Gasteiger partial charge in [0.1, 0.15) is 0 Å².